The van der Waals surface area contributed by atoms with Crippen molar-refractivity contribution in [3.8, 4) is 0 Å². The molecule has 1 aromatic carbocycles. The molecule has 2 amide bonds. The summed E-state index contributed by atoms with van der Waals surface area (Å²) >= 11 is 0. The number of benzene rings is 1. The third-order valence-corrected chi connectivity index (χ3v) is 4.92. The summed E-state index contributed by atoms with van der Waals surface area (Å²) in [4.78, 5) is 26.9. The maximum absolute atomic E-state index is 12.9. The second-order valence-corrected chi connectivity index (χ2v) is 6.71. The van der Waals surface area contributed by atoms with Crippen molar-refractivity contribution < 1.29 is 18.7 Å². The second-order valence-electron chi connectivity index (χ2n) is 6.71. The molecule has 5 nitrogen and oxygen atoms in total. The number of nitrogens with zero attached hydrogens (tertiary/aromatic N) is 1. The van der Waals surface area contributed by atoms with E-state index in [2.05, 4.69) is 5.32 Å². The number of piperidine rings is 1. The average molecular weight is 348 g/mol. The van der Waals surface area contributed by atoms with Crippen LogP contribution < -0.4 is 5.32 Å². The smallest absolute Gasteiger partial charge is 0.252 e. The van der Waals surface area contributed by atoms with E-state index in [4.69, 9.17) is 4.74 Å². The van der Waals surface area contributed by atoms with E-state index >= 15 is 0 Å². The van der Waals surface area contributed by atoms with Gasteiger partial charge in [0.1, 0.15) is 18.0 Å². The van der Waals surface area contributed by atoms with Crippen LogP contribution >= 0.6 is 0 Å². The minimum atomic E-state index is -0.404. The standard InChI is InChI=1S/C19H25FN2O3/c20-15-8-6-14(7-9-15)10-11-21-18(23)16-4-1-2-12-22(16)19(24)17-5-3-13-25-17/h6-9,16-17H,1-5,10-13H2,(H,21,23)/t16-,17+/m1/s1. The van der Waals surface area contributed by atoms with Crippen molar-refractivity contribution in [2.45, 2.75) is 50.7 Å². The van der Waals surface area contributed by atoms with Crippen LogP contribution in [0.15, 0.2) is 24.3 Å². The monoisotopic (exact) mass is 348 g/mol. The van der Waals surface area contributed by atoms with Crippen molar-refractivity contribution in [3.63, 3.8) is 0 Å². The van der Waals surface area contributed by atoms with Crippen molar-refractivity contribution in [3.05, 3.63) is 35.6 Å². The Morgan fingerprint density at radius 1 is 1.16 bits per heavy atom. The van der Waals surface area contributed by atoms with Gasteiger partial charge in [-0.1, -0.05) is 12.1 Å². The zero-order chi connectivity index (χ0) is 17.6. The summed E-state index contributed by atoms with van der Waals surface area (Å²) in [5.74, 6) is -0.415. The Morgan fingerprint density at radius 2 is 1.96 bits per heavy atom. The molecule has 0 radical (unpaired) electrons. The molecule has 2 heterocycles. The van der Waals surface area contributed by atoms with Crippen LogP contribution in [0.5, 0.6) is 0 Å². The highest BCUT2D eigenvalue weighted by atomic mass is 19.1. The number of ether oxygens (including phenoxy) is 1. The number of nitrogens with one attached hydrogen (secondary N) is 1. The predicted octanol–water partition coefficient (Wildman–Crippen LogP) is 2.04. The van der Waals surface area contributed by atoms with Crippen molar-refractivity contribution in [1.82, 2.24) is 10.2 Å². The Hall–Kier alpha value is -1.95. The maximum atomic E-state index is 12.9. The zero-order valence-corrected chi connectivity index (χ0v) is 14.4. The fourth-order valence-electron chi connectivity index (χ4n) is 3.52. The lowest BCUT2D eigenvalue weighted by Gasteiger charge is -2.36. The lowest BCUT2D eigenvalue weighted by Crippen LogP contribution is -2.54. The molecule has 2 aliphatic rings. The van der Waals surface area contributed by atoms with Crippen molar-refractivity contribution in [2.75, 3.05) is 19.7 Å². The molecule has 2 fully saturated rings. The highest BCUT2D eigenvalue weighted by Gasteiger charge is 2.36. The molecule has 0 bridgehead atoms. The molecule has 1 aromatic rings. The van der Waals surface area contributed by atoms with Crippen LogP contribution in [0.3, 0.4) is 0 Å². The van der Waals surface area contributed by atoms with E-state index in [1.165, 1.54) is 12.1 Å². The Morgan fingerprint density at radius 3 is 2.68 bits per heavy atom. The quantitative estimate of drug-likeness (QED) is 0.886. The van der Waals surface area contributed by atoms with Crippen LogP contribution in [-0.2, 0) is 20.7 Å². The van der Waals surface area contributed by atoms with Gasteiger partial charge in [-0.2, -0.15) is 0 Å². The normalized spacial score (nSPS) is 23.5. The van der Waals surface area contributed by atoms with E-state index in [0.717, 1.165) is 31.2 Å². The zero-order valence-electron chi connectivity index (χ0n) is 14.4. The van der Waals surface area contributed by atoms with Crippen molar-refractivity contribution in [2.24, 2.45) is 0 Å². The van der Waals surface area contributed by atoms with E-state index in [1.54, 1.807) is 17.0 Å². The maximum Gasteiger partial charge on any atom is 0.252 e. The van der Waals surface area contributed by atoms with E-state index in [1.807, 2.05) is 0 Å². The van der Waals surface area contributed by atoms with Gasteiger partial charge in [-0.05, 0) is 56.2 Å². The van der Waals surface area contributed by atoms with Gasteiger partial charge in [0.2, 0.25) is 5.91 Å². The van der Waals surface area contributed by atoms with Gasteiger partial charge in [-0.3, -0.25) is 9.59 Å². The summed E-state index contributed by atoms with van der Waals surface area (Å²) in [5.41, 5.74) is 0.970. The molecule has 0 saturated carbocycles. The number of halogens is 1. The molecule has 0 spiro atoms. The molecular formula is C19H25FN2O3. The molecule has 6 heteroatoms. The third kappa shape index (κ3) is 4.57. The first kappa shape index (κ1) is 17.9. The van der Waals surface area contributed by atoms with Gasteiger partial charge in [0.15, 0.2) is 0 Å². The molecule has 2 atom stereocenters. The summed E-state index contributed by atoms with van der Waals surface area (Å²) in [5, 5.41) is 2.92. The summed E-state index contributed by atoms with van der Waals surface area (Å²) in [6, 6.07) is 5.87. The average Bonchev–Trinajstić information content (AvgIpc) is 3.17. The molecule has 0 aromatic heterocycles. The first-order valence-corrected chi connectivity index (χ1v) is 9.09. The molecule has 136 valence electrons. The number of rotatable bonds is 5. The number of amides is 2. The minimum absolute atomic E-state index is 0.0455. The summed E-state index contributed by atoms with van der Waals surface area (Å²) < 4.78 is 18.4. The summed E-state index contributed by atoms with van der Waals surface area (Å²) in [6.45, 7) is 1.72. The first-order chi connectivity index (χ1) is 12.1. The second kappa shape index (κ2) is 8.43. The Kier molecular flexibility index (Phi) is 6.02. The van der Waals surface area contributed by atoms with Gasteiger partial charge in [-0.25, -0.2) is 4.39 Å². The van der Waals surface area contributed by atoms with Gasteiger partial charge < -0.3 is 15.0 Å². The number of hydrogen-bond acceptors (Lipinski definition) is 3. The molecule has 3 rings (SSSR count). The van der Waals surface area contributed by atoms with Gasteiger partial charge in [0, 0.05) is 19.7 Å². The first-order valence-electron chi connectivity index (χ1n) is 9.09. The highest BCUT2D eigenvalue weighted by Crippen LogP contribution is 2.22. The van der Waals surface area contributed by atoms with Crippen molar-refractivity contribution in [1.29, 1.82) is 0 Å². The van der Waals surface area contributed by atoms with Gasteiger partial charge in [0.25, 0.3) is 5.91 Å². The lowest BCUT2D eigenvalue weighted by molar-refractivity contribution is -0.149. The molecule has 0 aliphatic carbocycles. The van der Waals surface area contributed by atoms with Gasteiger partial charge in [-0.15, -0.1) is 0 Å². The Labute approximate surface area is 147 Å². The van der Waals surface area contributed by atoms with Crippen LogP contribution in [0.1, 0.15) is 37.7 Å². The Bertz CT molecular complexity index is 599. The minimum Gasteiger partial charge on any atom is -0.368 e. The van der Waals surface area contributed by atoms with Crippen molar-refractivity contribution >= 4 is 11.8 Å². The number of carbonyl (C=O) groups excluding carboxylic acids is 2. The fourth-order valence-corrected chi connectivity index (χ4v) is 3.52. The van der Waals surface area contributed by atoms with E-state index in [-0.39, 0.29) is 23.7 Å². The third-order valence-electron chi connectivity index (χ3n) is 4.92. The largest absolute Gasteiger partial charge is 0.368 e. The van der Waals surface area contributed by atoms with Gasteiger partial charge >= 0.3 is 0 Å². The van der Waals surface area contributed by atoms with Crippen LogP contribution in [0.25, 0.3) is 0 Å². The molecule has 0 unspecified atom stereocenters. The number of hydrogen-bond donors (Lipinski definition) is 1. The lowest BCUT2D eigenvalue weighted by atomic mass is 10.00. The number of likely N-dealkylation sites (tertiary alicyclic amines) is 1. The van der Waals surface area contributed by atoms with Crippen LogP contribution in [0.4, 0.5) is 4.39 Å². The molecule has 2 aliphatic heterocycles. The van der Waals surface area contributed by atoms with Crippen LogP contribution in [0.2, 0.25) is 0 Å². The Balaban J connectivity index is 1.53. The van der Waals surface area contributed by atoms with Crippen LogP contribution in [0, 0.1) is 5.82 Å². The molecular weight excluding hydrogens is 323 g/mol. The van der Waals surface area contributed by atoms with Gasteiger partial charge in [0.05, 0.1) is 0 Å². The van der Waals surface area contributed by atoms with E-state index in [9.17, 15) is 14.0 Å². The summed E-state index contributed by atoms with van der Waals surface area (Å²) in [6.07, 6.45) is 4.47. The molecule has 25 heavy (non-hydrogen) atoms. The summed E-state index contributed by atoms with van der Waals surface area (Å²) in [7, 11) is 0. The SMILES string of the molecule is O=C(NCCc1ccc(F)cc1)[C@H]1CCCCN1C(=O)[C@@H]1CCCO1. The predicted molar refractivity (Wildman–Crippen MR) is 91.4 cm³/mol. The highest BCUT2D eigenvalue weighted by molar-refractivity contribution is 5.89. The van der Waals surface area contributed by atoms with E-state index < -0.39 is 6.04 Å². The number of carbonyl (C=O) groups is 2. The van der Waals surface area contributed by atoms with Crippen LogP contribution in [-0.4, -0.2) is 48.6 Å². The topological polar surface area (TPSA) is 58.6 Å². The fraction of sp³-hybridized carbons (Fsp3) is 0.579. The van der Waals surface area contributed by atoms with E-state index in [0.29, 0.717) is 32.5 Å². The molecule has 1 N–H and O–H groups in total. The molecule has 2 saturated heterocycles.